The van der Waals surface area contributed by atoms with E-state index in [4.69, 9.17) is 0 Å². The van der Waals surface area contributed by atoms with Gasteiger partial charge in [-0.05, 0) is 79.1 Å². The van der Waals surface area contributed by atoms with Gasteiger partial charge in [-0.15, -0.1) is 0 Å². The lowest BCUT2D eigenvalue weighted by molar-refractivity contribution is 0.0954. The van der Waals surface area contributed by atoms with E-state index in [0.717, 1.165) is 29.4 Å². The number of hydrogen-bond donors (Lipinski definition) is 2. The number of benzene rings is 2. The number of nitrogens with zero attached hydrogens (tertiary/aromatic N) is 1. The van der Waals surface area contributed by atoms with Crippen LogP contribution in [0.1, 0.15) is 50.4 Å². The highest BCUT2D eigenvalue weighted by Crippen LogP contribution is 2.36. The van der Waals surface area contributed by atoms with E-state index in [2.05, 4.69) is 52.0 Å². The topological polar surface area (TPSA) is 87.6 Å². The summed E-state index contributed by atoms with van der Waals surface area (Å²) in [6.07, 6.45) is 2.91. The van der Waals surface area contributed by atoms with Gasteiger partial charge in [0.2, 0.25) is 0 Å². The largest absolute Gasteiger partial charge is 0.280 e. The van der Waals surface area contributed by atoms with Crippen LogP contribution in [-0.2, 0) is 10.0 Å². The molecule has 0 radical (unpaired) electrons. The first-order valence-corrected chi connectivity index (χ1v) is 12.1. The van der Waals surface area contributed by atoms with Gasteiger partial charge in [0, 0.05) is 21.4 Å². The van der Waals surface area contributed by atoms with Crippen molar-refractivity contribution in [2.24, 2.45) is 16.4 Å². The van der Waals surface area contributed by atoms with Gasteiger partial charge in [0.15, 0.2) is 0 Å². The van der Waals surface area contributed by atoms with Crippen LogP contribution in [0.15, 0.2) is 63.0 Å². The number of amides is 1. The number of nitrogens with one attached hydrogen (secondary N) is 2. The fraction of sp³-hybridized carbons (Fsp3) is 0.364. The van der Waals surface area contributed by atoms with Gasteiger partial charge in [0.25, 0.3) is 15.9 Å². The molecule has 2 aromatic carbocycles. The normalized spacial score (nSPS) is 20.0. The van der Waals surface area contributed by atoms with Crippen molar-refractivity contribution in [3.8, 4) is 0 Å². The standard InChI is InChI=1S/C22H26BrN3O3S/c1-15-12-19(14-22(2,3)13-15)24-25-21(27)16-4-8-18(9-5-16)26-30(28,29)20-10-6-17(23)7-11-20/h4-11,15,26H,12-14H2,1-3H3,(H,25,27)/b24-19-. The maximum atomic E-state index is 12.5. The summed E-state index contributed by atoms with van der Waals surface area (Å²) in [6, 6.07) is 12.6. The van der Waals surface area contributed by atoms with E-state index in [1.165, 1.54) is 12.1 Å². The van der Waals surface area contributed by atoms with Gasteiger partial charge in [-0.25, -0.2) is 13.8 Å². The molecular formula is C22H26BrN3O3S. The minimum absolute atomic E-state index is 0.160. The zero-order chi connectivity index (χ0) is 21.9. The summed E-state index contributed by atoms with van der Waals surface area (Å²) in [5.41, 5.74) is 4.62. The molecular weight excluding hydrogens is 466 g/mol. The number of halogens is 1. The van der Waals surface area contributed by atoms with Crippen LogP contribution >= 0.6 is 15.9 Å². The van der Waals surface area contributed by atoms with Crippen LogP contribution in [-0.4, -0.2) is 20.0 Å². The molecule has 1 amide bonds. The number of sulfonamides is 1. The molecule has 0 saturated heterocycles. The quantitative estimate of drug-likeness (QED) is 0.564. The Balaban J connectivity index is 1.64. The van der Waals surface area contributed by atoms with E-state index in [-0.39, 0.29) is 16.2 Å². The highest BCUT2D eigenvalue weighted by molar-refractivity contribution is 9.10. The van der Waals surface area contributed by atoms with Crippen LogP contribution in [0, 0.1) is 11.3 Å². The van der Waals surface area contributed by atoms with E-state index in [9.17, 15) is 13.2 Å². The predicted molar refractivity (Wildman–Crippen MR) is 123 cm³/mol. The van der Waals surface area contributed by atoms with Gasteiger partial charge in [0.05, 0.1) is 4.90 Å². The lowest BCUT2D eigenvalue weighted by Gasteiger charge is -2.34. The number of hydrazone groups is 1. The van der Waals surface area contributed by atoms with Crippen LogP contribution in [0.4, 0.5) is 5.69 Å². The molecule has 1 atom stereocenters. The van der Waals surface area contributed by atoms with Crippen LogP contribution in [0.25, 0.3) is 0 Å². The molecule has 2 aromatic rings. The highest BCUT2D eigenvalue weighted by Gasteiger charge is 2.29. The molecule has 0 aliphatic heterocycles. The molecule has 3 rings (SSSR count). The smallest absolute Gasteiger partial charge is 0.271 e. The Morgan fingerprint density at radius 3 is 2.33 bits per heavy atom. The molecule has 30 heavy (non-hydrogen) atoms. The first-order valence-electron chi connectivity index (χ1n) is 9.78. The fourth-order valence-electron chi connectivity index (χ4n) is 3.91. The summed E-state index contributed by atoms with van der Waals surface area (Å²) >= 11 is 3.28. The number of anilines is 1. The summed E-state index contributed by atoms with van der Waals surface area (Å²) in [7, 11) is -3.70. The van der Waals surface area contributed by atoms with Crippen molar-refractivity contribution in [1.29, 1.82) is 0 Å². The average molecular weight is 492 g/mol. The van der Waals surface area contributed by atoms with Crippen molar-refractivity contribution in [2.75, 3.05) is 4.72 Å². The third kappa shape index (κ3) is 5.92. The SMILES string of the molecule is CC1C/C(=N/NC(=O)c2ccc(NS(=O)(=O)c3ccc(Br)cc3)cc2)CC(C)(C)C1. The van der Waals surface area contributed by atoms with E-state index < -0.39 is 10.0 Å². The van der Waals surface area contributed by atoms with Crippen LogP contribution < -0.4 is 10.1 Å². The predicted octanol–water partition coefficient (Wildman–Crippen LogP) is 5.18. The second kappa shape index (κ2) is 8.89. The molecule has 1 saturated carbocycles. The van der Waals surface area contributed by atoms with Gasteiger partial charge < -0.3 is 0 Å². The molecule has 0 heterocycles. The van der Waals surface area contributed by atoms with E-state index in [1.807, 2.05) is 0 Å². The molecule has 160 valence electrons. The summed E-state index contributed by atoms with van der Waals surface area (Å²) in [4.78, 5) is 12.6. The molecule has 1 fully saturated rings. The van der Waals surface area contributed by atoms with Crippen molar-refractivity contribution < 1.29 is 13.2 Å². The number of carbonyl (C=O) groups excluding carboxylic acids is 1. The summed E-state index contributed by atoms with van der Waals surface area (Å²) in [5, 5.41) is 4.34. The summed E-state index contributed by atoms with van der Waals surface area (Å²) < 4.78 is 28.2. The van der Waals surface area contributed by atoms with Crippen LogP contribution in [0.5, 0.6) is 0 Å². The highest BCUT2D eigenvalue weighted by atomic mass is 79.9. The maximum Gasteiger partial charge on any atom is 0.271 e. The van der Waals surface area contributed by atoms with E-state index in [1.54, 1.807) is 36.4 Å². The Morgan fingerprint density at radius 1 is 1.10 bits per heavy atom. The average Bonchev–Trinajstić information content (AvgIpc) is 2.65. The van der Waals surface area contributed by atoms with Crippen LogP contribution in [0.2, 0.25) is 0 Å². The Morgan fingerprint density at radius 2 is 1.73 bits per heavy atom. The van der Waals surface area contributed by atoms with Crippen molar-refractivity contribution in [3.63, 3.8) is 0 Å². The molecule has 6 nitrogen and oxygen atoms in total. The third-order valence-corrected chi connectivity index (χ3v) is 6.93. The monoisotopic (exact) mass is 491 g/mol. The first-order chi connectivity index (χ1) is 14.0. The zero-order valence-electron chi connectivity index (χ0n) is 17.3. The van der Waals surface area contributed by atoms with Gasteiger partial charge in [-0.3, -0.25) is 9.52 Å². The molecule has 1 unspecified atom stereocenters. The Labute approximate surface area is 186 Å². The maximum absolute atomic E-state index is 12.5. The lowest BCUT2D eigenvalue weighted by atomic mass is 9.72. The number of hydrogen-bond acceptors (Lipinski definition) is 4. The third-order valence-electron chi connectivity index (χ3n) is 5.01. The Hall–Kier alpha value is -2.19. The van der Waals surface area contributed by atoms with Crippen molar-refractivity contribution in [1.82, 2.24) is 5.43 Å². The summed E-state index contributed by atoms with van der Waals surface area (Å²) in [6.45, 7) is 6.63. The van der Waals surface area contributed by atoms with Gasteiger partial charge in [-0.2, -0.15) is 5.10 Å². The summed E-state index contributed by atoms with van der Waals surface area (Å²) in [5.74, 6) is 0.225. The second-order valence-electron chi connectivity index (χ2n) is 8.61. The number of rotatable bonds is 5. The fourth-order valence-corrected chi connectivity index (χ4v) is 5.23. The minimum Gasteiger partial charge on any atom is -0.280 e. The van der Waals surface area contributed by atoms with E-state index in [0.29, 0.717) is 17.2 Å². The number of carbonyl (C=O) groups is 1. The van der Waals surface area contributed by atoms with Crippen molar-refractivity contribution in [2.45, 2.75) is 44.9 Å². The lowest BCUT2D eigenvalue weighted by Crippen LogP contribution is -2.30. The zero-order valence-corrected chi connectivity index (χ0v) is 19.7. The molecule has 0 spiro atoms. The second-order valence-corrected chi connectivity index (χ2v) is 11.2. The van der Waals surface area contributed by atoms with Gasteiger partial charge in [0.1, 0.15) is 0 Å². The van der Waals surface area contributed by atoms with Gasteiger partial charge in [-0.1, -0.05) is 36.7 Å². The molecule has 1 aliphatic rings. The minimum atomic E-state index is -3.70. The molecule has 1 aliphatic carbocycles. The van der Waals surface area contributed by atoms with Gasteiger partial charge >= 0.3 is 0 Å². The van der Waals surface area contributed by atoms with Crippen LogP contribution in [0.3, 0.4) is 0 Å². The molecule has 2 N–H and O–H groups in total. The first kappa shape index (κ1) is 22.5. The van der Waals surface area contributed by atoms with E-state index >= 15 is 0 Å². The Bertz CT molecular complexity index is 1050. The van der Waals surface area contributed by atoms with Crippen molar-refractivity contribution >= 4 is 43.3 Å². The molecule has 8 heteroatoms. The Kier molecular flexibility index (Phi) is 6.67. The molecule has 0 bridgehead atoms. The van der Waals surface area contributed by atoms with Crippen molar-refractivity contribution in [3.05, 3.63) is 58.6 Å². The molecule has 0 aromatic heterocycles.